The highest BCUT2D eigenvalue weighted by Gasteiger charge is 2.40. The number of aromatic nitrogens is 4. The third-order valence-corrected chi connectivity index (χ3v) is 8.12. The lowest BCUT2D eigenvalue weighted by Gasteiger charge is -2.06. The summed E-state index contributed by atoms with van der Waals surface area (Å²) in [7, 11) is -4.04. The quantitative estimate of drug-likeness (QED) is 0.378. The van der Waals surface area contributed by atoms with Crippen LogP contribution in [0.1, 0.15) is 12.8 Å². The summed E-state index contributed by atoms with van der Waals surface area (Å²) in [5.41, 5.74) is -1.85. The molecule has 7 nitrogen and oxygen atoms in total. The lowest BCUT2D eigenvalue weighted by Crippen LogP contribution is -2.31. The second-order valence-corrected chi connectivity index (χ2v) is 10.5. The summed E-state index contributed by atoms with van der Waals surface area (Å²) in [4.78, 5) is 13.1. The molecule has 5 rings (SSSR count). The molecule has 0 bridgehead atoms. The summed E-state index contributed by atoms with van der Waals surface area (Å²) in [6, 6.07) is 5.41. The topological polar surface area (TPSA) is 86.8 Å². The highest BCUT2D eigenvalue weighted by atomic mass is 127. The first-order chi connectivity index (χ1) is 13.3. The van der Waals surface area contributed by atoms with Crippen molar-refractivity contribution in [2.45, 2.75) is 18.1 Å². The molecule has 0 amide bonds. The second kappa shape index (κ2) is 6.03. The molecule has 1 aliphatic rings. The molecule has 0 unspecified atom stereocenters. The van der Waals surface area contributed by atoms with Crippen LogP contribution in [-0.2, 0) is 10.0 Å². The third kappa shape index (κ3) is 2.47. The number of nitrogens with zero attached hydrogens (tertiary/aromatic N) is 4. The summed E-state index contributed by atoms with van der Waals surface area (Å²) in [5, 5.41) is 3.01. The molecule has 0 N–H and O–H groups in total. The molecule has 0 atom stereocenters. The van der Waals surface area contributed by atoms with E-state index in [4.69, 9.17) is 0 Å². The molecular weight excluding hydrogens is 525 g/mol. The third-order valence-electron chi connectivity index (χ3n) is 4.60. The highest BCUT2D eigenvalue weighted by Crippen LogP contribution is 2.34. The summed E-state index contributed by atoms with van der Waals surface area (Å²) >= 11 is 2.78. The average molecular weight is 534 g/mol. The Bertz CT molecular complexity index is 1450. The monoisotopic (exact) mass is 534 g/mol. The van der Waals surface area contributed by atoms with E-state index in [2.05, 4.69) is 9.59 Å². The Kier molecular flexibility index (Phi) is 3.90. The van der Waals surface area contributed by atoms with E-state index in [1.807, 2.05) is 22.6 Å². The van der Waals surface area contributed by atoms with E-state index in [1.165, 1.54) is 18.2 Å². The summed E-state index contributed by atoms with van der Waals surface area (Å²) in [5.74, 6) is -1.69. The zero-order chi connectivity index (χ0) is 19.8. The molecule has 0 radical (unpaired) electrons. The van der Waals surface area contributed by atoms with Crippen molar-refractivity contribution in [1.29, 1.82) is 0 Å². The van der Waals surface area contributed by atoms with Crippen LogP contribution in [0.15, 0.2) is 29.1 Å². The Morgan fingerprint density at radius 2 is 1.96 bits per heavy atom. The van der Waals surface area contributed by atoms with E-state index in [-0.39, 0.29) is 22.2 Å². The number of imidazole rings is 1. The maximum atomic E-state index is 15.3. The molecule has 28 heavy (non-hydrogen) atoms. The van der Waals surface area contributed by atoms with Gasteiger partial charge < -0.3 is 0 Å². The number of hydrogen-bond acceptors (Lipinski definition) is 6. The fourth-order valence-corrected chi connectivity index (χ4v) is 5.95. The molecule has 0 aliphatic heterocycles. The molecular formula is C16H9F2IN4O3S2. The van der Waals surface area contributed by atoms with Gasteiger partial charge in [0, 0.05) is 3.57 Å². The van der Waals surface area contributed by atoms with E-state index in [0.717, 1.165) is 16.1 Å². The maximum Gasteiger partial charge on any atom is 0.347 e. The lowest BCUT2D eigenvalue weighted by atomic mass is 10.2. The largest absolute Gasteiger partial charge is 0.347 e. The molecule has 2 aromatic carbocycles. The average Bonchev–Trinajstić information content (AvgIpc) is 3.32. The standard InChI is InChI=1S/C16H9F2IN4O3S2/c17-9-5-7(19)1-4-10(9)22-15-11(6-12-14(13(15)18)20-21-27-12)23(16(22)24)28(25,26)8-2-3-8/h1,4-6,8H,2-3H2. The smallest absolute Gasteiger partial charge is 0.254 e. The molecule has 0 spiro atoms. The van der Waals surface area contributed by atoms with E-state index in [9.17, 15) is 17.6 Å². The van der Waals surface area contributed by atoms with Gasteiger partial charge in [-0.3, -0.25) is 4.57 Å². The predicted molar refractivity (Wildman–Crippen MR) is 108 cm³/mol. The minimum Gasteiger partial charge on any atom is -0.254 e. The molecule has 0 saturated heterocycles. The van der Waals surface area contributed by atoms with Gasteiger partial charge in [-0.15, -0.1) is 5.10 Å². The van der Waals surface area contributed by atoms with Crippen molar-refractivity contribution in [2.75, 3.05) is 0 Å². The van der Waals surface area contributed by atoms with Crippen molar-refractivity contribution < 1.29 is 17.2 Å². The number of fused-ring (bicyclic) bond motifs is 2. The molecule has 1 fully saturated rings. The summed E-state index contributed by atoms with van der Waals surface area (Å²) in [6.45, 7) is 0. The number of hydrogen-bond donors (Lipinski definition) is 0. The van der Waals surface area contributed by atoms with Crippen LogP contribution in [0.2, 0.25) is 0 Å². The Morgan fingerprint density at radius 3 is 2.64 bits per heavy atom. The first-order valence-electron chi connectivity index (χ1n) is 8.08. The molecule has 4 aromatic rings. The summed E-state index contributed by atoms with van der Waals surface area (Å²) in [6.07, 6.45) is 0.846. The van der Waals surface area contributed by atoms with Gasteiger partial charge in [-0.05, 0) is 71.2 Å². The van der Waals surface area contributed by atoms with Gasteiger partial charge in [0.15, 0.2) is 5.82 Å². The van der Waals surface area contributed by atoms with Crippen molar-refractivity contribution >= 4 is 65.4 Å². The van der Waals surface area contributed by atoms with E-state index in [0.29, 0.717) is 25.1 Å². The van der Waals surface area contributed by atoms with Gasteiger partial charge in [0.25, 0.3) is 0 Å². The lowest BCUT2D eigenvalue weighted by molar-refractivity contribution is 0.583. The molecule has 12 heteroatoms. The summed E-state index contributed by atoms with van der Waals surface area (Å²) < 4.78 is 61.6. The van der Waals surface area contributed by atoms with E-state index in [1.54, 1.807) is 6.07 Å². The molecule has 144 valence electrons. The van der Waals surface area contributed by atoms with Crippen molar-refractivity contribution in [2.24, 2.45) is 0 Å². The molecule has 1 saturated carbocycles. The van der Waals surface area contributed by atoms with Gasteiger partial charge in [-0.1, -0.05) is 4.49 Å². The van der Waals surface area contributed by atoms with Gasteiger partial charge in [0.2, 0.25) is 10.0 Å². The van der Waals surface area contributed by atoms with Crippen LogP contribution < -0.4 is 5.69 Å². The normalized spacial score (nSPS) is 15.0. The molecule has 1 aliphatic carbocycles. The zero-order valence-electron chi connectivity index (χ0n) is 13.8. The SMILES string of the molecule is O=c1n(-c2ccc(I)cc2F)c2c(F)c3nnsc3cc2n1S(=O)(=O)C1CC1. The minimum absolute atomic E-state index is 0.0989. The van der Waals surface area contributed by atoms with E-state index < -0.39 is 32.6 Å². The van der Waals surface area contributed by atoms with Crippen molar-refractivity contribution in [3.63, 3.8) is 0 Å². The molecule has 2 heterocycles. The Morgan fingerprint density at radius 1 is 1.21 bits per heavy atom. The van der Waals surface area contributed by atoms with Crippen LogP contribution in [0.4, 0.5) is 8.78 Å². The predicted octanol–water partition coefficient (Wildman–Crippen LogP) is 3.02. The maximum absolute atomic E-state index is 15.3. The number of benzene rings is 2. The fraction of sp³-hybridized carbons (Fsp3) is 0.188. The van der Waals surface area contributed by atoms with Gasteiger partial charge >= 0.3 is 5.69 Å². The van der Waals surface area contributed by atoms with Crippen LogP contribution in [0, 0.1) is 15.2 Å². The molecule has 2 aromatic heterocycles. The van der Waals surface area contributed by atoms with Crippen LogP contribution in [-0.4, -0.2) is 31.8 Å². The fourth-order valence-electron chi connectivity index (χ4n) is 3.17. The second-order valence-electron chi connectivity index (χ2n) is 6.40. The van der Waals surface area contributed by atoms with Gasteiger partial charge in [-0.25, -0.2) is 22.0 Å². The van der Waals surface area contributed by atoms with E-state index >= 15 is 4.39 Å². The van der Waals surface area contributed by atoms with Crippen LogP contribution in [0.25, 0.3) is 26.9 Å². The van der Waals surface area contributed by atoms with Crippen LogP contribution in [0.3, 0.4) is 0 Å². The van der Waals surface area contributed by atoms with Crippen molar-refractivity contribution in [3.05, 3.63) is 50.0 Å². The Balaban J connectivity index is 2.00. The zero-order valence-corrected chi connectivity index (χ0v) is 17.6. The van der Waals surface area contributed by atoms with Crippen molar-refractivity contribution in [3.8, 4) is 5.69 Å². The minimum atomic E-state index is -4.04. The highest BCUT2D eigenvalue weighted by molar-refractivity contribution is 14.1. The number of rotatable bonds is 3. The van der Waals surface area contributed by atoms with Crippen LogP contribution in [0.5, 0.6) is 0 Å². The van der Waals surface area contributed by atoms with Crippen molar-refractivity contribution in [1.82, 2.24) is 18.1 Å². The first-order valence-corrected chi connectivity index (χ1v) is 11.4. The Hall–Kier alpha value is -1.93. The van der Waals surface area contributed by atoms with Gasteiger partial charge in [-0.2, -0.15) is 3.97 Å². The number of halogens is 3. The Labute approximate surface area is 173 Å². The van der Waals surface area contributed by atoms with Gasteiger partial charge in [0.1, 0.15) is 16.9 Å². The van der Waals surface area contributed by atoms with Crippen LogP contribution >= 0.6 is 34.1 Å². The first kappa shape index (κ1) is 18.1. The van der Waals surface area contributed by atoms with Gasteiger partial charge in [0.05, 0.1) is 21.2 Å².